The topological polar surface area (TPSA) is 55.8 Å². The number of aromatic nitrogens is 1. The second-order valence-corrected chi connectivity index (χ2v) is 7.42. The zero-order chi connectivity index (χ0) is 22.3. The maximum absolute atomic E-state index is 12.9. The molecule has 1 saturated heterocycles. The fraction of sp³-hybridized carbons (Fsp3) is 0.455. The van der Waals surface area contributed by atoms with E-state index in [1.165, 1.54) is 6.07 Å². The Bertz CT molecular complexity index is 858. The van der Waals surface area contributed by atoms with Crippen molar-refractivity contribution in [2.75, 3.05) is 44.7 Å². The first-order chi connectivity index (χ1) is 14.9. The van der Waals surface area contributed by atoms with Crippen molar-refractivity contribution in [3.8, 4) is 0 Å². The number of guanidine groups is 1. The molecule has 1 aromatic heterocycles. The van der Waals surface area contributed by atoms with Crippen LogP contribution in [0.4, 0.5) is 19.0 Å². The predicted octanol–water partition coefficient (Wildman–Crippen LogP) is 3.11. The smallest absolute Gasteiger partial charge is 0.354 e. The molecule has 0 spiro atoms. The van der Waals surface area contributed by atoms with E-state index in [2.05, 4.69) is 37.3 Å². The molecule has 1 aromatic carbocycles. The second kappa shape index (κ2) is 10.5. The first-order valence-corrected chi connectivity index (χ1v) is 10.4. The molecule has 168 valence electrons. The molecule has 1 aliphatic rings. The van der Waals surface area contributed by atoms with Crippen LogP contribution in [0, 0.1) is 0 Å². The Morgan fingerprint density at radius 3 is 2.32 bits per heavy atom. The third kappa shape index (κ3) is 6.58. The van der Waals surface area contributed by atoms with Gasteiger partial charge in [0.15, 0.2) is 5.96 Å². The van der Waals surface area contributed by atoms with Crippen molar-refractivity contribution in [3.63, 3.8) is 0 Å². The summed E-state index contributed by atoms with van der Waals surface area (Å²) in [6.07, 6.45) is -2.51. The fourth-order valence-corrected chi connectivity index (χ4v) is 3.45. The third-order valence-corrected chi connectivity index (χ3v) is 5.35. The maximum Gasteiger partial charge on any atom is 0.416 e. The zero-order valence-corrected chi connectivity index (χ0v) is 17.9. The molecule has 31 heavy (non-hydrogen) atoms. The molecule has 1 fully saturated rings. The molecule has 0 unspecified atom stereocenters. The van der Waals surface area contributed by atoms with E-state index in [0.29, 0.717) is 18.1 Å². The van der Waals surface area contributed by atoms with Crippen LogP contribution >= 0.6 is 0 Å². The lowest BCUT2D eigenvalue weighted by Gasteiger charge is -2.34. The van der Waals surface area contributed by atoms with E-state index in [0.717, 1.165) is 56.2 Å². The van der Waals surface area contributed by atoms with Crippen molar-refractivity contribution < 1.29 is 13.2 Å². The van der Waals surface area contributed by atoms with Gasteiger partial charge in [0.25, 0.3) is 0 Å². The summed E-state index contributed by atoms with van der Waals surface area (Å²) < 4.78 is 38.6. The molecule has 1 aliphatic heterocycles. The van der Waals surface area contributed by atoms with Crippen LogP contribution in [0.5, 0.6) is 0 Å². The summed E-state index contributed by atoms with van der Waals surface area (Å²) in [6.45, 7) is 8.07. The summed E-state index contributed by atoms with van der Waals surface area (Å²) >= 11 is 0. The van der Waals surface area contributed by atoms with Crippen LogP contribution in [0.3, 0.4) is 0 Å². The average Bonchev–Trinajstić information content (AvgIpc) is 2.79. The Morgan fingerprint density at radius 2 is 1.74 bits per heavy atom. The summed E-state index contributed by atoms with van der Waals surface area (Å²) in [5, 5.41) is 6.22. The van der Waals surface area contributed by atoms with Crippen LogP contribution < -0.4 is 15.5 Å². The summed E-state index contributed by atoms with van der Waals surface area (Å²) in [6, 6.07) is 9.32. The van der Waals surface area contributed by atoms with Gasteiger partial charge in [-0.05, 0) is 35.9 Å². The average molecular weight is 435 g/mol. The summed E-state index contributed by atoms with van der Waals surface area (Å²) in [5.74, 6) is 1.49. The lowest BCUT2D eigenvalue weighted by atomic mass is 10.1. The largest absolute Gasteiger partial charge is 0.416 e. The summed E-state index contributed by atoms with van der Waals surface area (Å²) in [7, 11) is 1.62. The van der Waals surface area contributed by atoms with E-state index in [-0.39, 0.29) is 6.54 Å². The Morgan fingerprint density at radius 1 is 1.03 bits per heavy atom. The lowest BCUT2D eigenvalue weighted by molar-refractivity contribution is -0.137. The molecular weight excluding hydrogens is 405 g/mol. The van der Waals surface area contributed by atoms with E-state index >= 15 is 0 Å². The molecule has 0 atom stereocenters. The minimum Gasteiger partial charge on any atom is -0.354 e. The summed E-state index contributed by atoms with van der Waals surface area (Å²) in [4.78, 5) is 13.4. The van der Waals surface area contributed by atoms with Crippen molar-refractivity contribution in [1.29, 1.82) is 0 Å². The number of pyridine rings is 1. The van der Waals surface area contributed by atoms with Gasteiger partial charge in [0.1, 0.15) is 5.82 Å². The van der Waals surface area contributed by atoms with Crippen LogP contribution in [-0.2, 0) is 19.3 Å². The Balaban J connectivity index is 1.48. The van der Waals surface area contributed by atoms with Crippen molar-refractivity contribution in [3.05, 3.63) is 59.3 Å². The van der Waals surface area contributed by atoms with Gasteiger partial charge >= 0.3 is 6.18 Å². The number of hydrogen-bond donors (Lipinski definition) is 2. The van der Waals surface area contributed by atoms with Gasteiger partial charge in [-0.1, -0.05) is 25.1 Å². The normalized spacial score (nSPS) is 15.8. The molecule has 0 saturated carbocycles. The van der Waals surface area contributed by atoms with Crippen molar-refractivity contribution >= 4 is 11.8 Å². The lowest BCUT2D eigenvalue weighted by Crippen LogP contribution is -2.46. The standard InChI is InChI=1S/C22H29F3N6/c1-3-30-9-11-31(12-10-30)20-8-7-18(15-27-20)16-29-21(26-2)28-14-17-5-4-6-19(13-17)22(23,24)25/h4-8,13,15H,3,9-12,14,16H2,1-2H3,(H2,26,28,29). The van der Waals surface area contributed by atoms with Gasteiger partial charge in [0, 0.05) is 52.5 Å². The molecule has 3 rings (SSSR count). The molecule has 6 nitrogen and oxygen atoms in total. The molecule has 0 aliphatic carbocycles. The van der Waals surface area contributed by atoms with E-state index < -0.39 is 11.7 Å². The second-order valence-electron chi connectivity index (χ2n) is 7.42. The number of halogens is 3. The number of rotatable bonds is 6. The van der Waals surface area contributed by atoms with Gasteiger partial charge in [0.2, 0.25) is 0 Å². The molecule has 0 radical (unpaired) electrons. The highest BCUT2D eigenvalue weighted by Gasteiger charge is 2.30. The van der Waals surface area contributed by atoms with Gasteiger partial charge in [-0.25, -0.2) is 4.98 Å². The van der Waals surface area contributed by atoms with Crippen molar-refractivity contribution in [2.45, 2.75) is 26.2 Å². The molecule has 2 aromatic rings. The number of aliphatic imine (C=N–C) groups is 1. The number of anilines is 1. The SMILES string of the molecule is CCN1CCN(c2ccc(CNC(=NC)NCc3cccc(C(F)(F)F)c3)cn2)CC1. The Hall–Kier alpha value is -2.81. The van der Waals surface area contributed by atoms with E-state index in [9.17, 15) is 13.2 Å². The quantitative estimate of drug-likeness (QED) is 0.541. The van der Waals surface area contributed by atoms with E-state index in [4.69, 9.17) is 0 Å². The van der Waals surface area contributed by atoms with Crippen LogP contribution in [0.2, 0.25) is 0 Å². The highest BCUT2D eigenvalue weighted by Crippen LogP contribution is 2.29. The van der Waals surface area contributed by atoms with Gasteiger partial charge in [-0.3, -0.25) is 4.99 Å². The number of benzene rings is 1. The number of alkyl halides is 3. The van der Waals surface area contributed by atoms with Crippen LogP contribution in [0.1, 0.15) is 23.6 Å². The van der Waals surface area contributed by atoms with Gasteiger partial charge < -0.3 is 20.4 Å². The fourth-order valence-electron chi connectivity index (χ4n) is 3.45. The minimum absolute atomic E-state index is 0.241. The van der Waals surface area contributed by atoms with Crippen LogP contribution in [-0.4, -0.2) is 55.6 Å². The molecule has 2 N–H and O–H groups in total. The molecule has 2 heterocycles. The van der Waals surface area contributed by atoms with Crippen molar-refractivity contribution in [2.24, 2.45) is 4.99 Å². The molecule has 9 heteroatoms. The zero-order valence-electron chi connectivity index (χ0n) is 17.9. The minimum atomic E-state index is -4.35. The van der Waals surface area contributed by atoms with Crippen LogP contribution in [0.15, 0.2) is 47.6 Å². The number of likely N-dealkylation sites (N-methyl/N-ethyl adjacent to an activating group) is 1. The van der Waals surface area contributed by atoms with Gasteiger partial charge in [-0.2, -0.15) is 13.2 Å². The molecule has 0 amide bonds. The Labute approximate surface area is 181 Å². The molecular formula is C22H29F3N6. The maximum atomic E-state index is 12.9. The summed E-state index contributed by atoms with van der Waals surface area (Å²) in [5.41, 5.74) is 0.877. The van der Waals surface area contributed by atoms with E-state index in [1.54, 1.807) is 13.1 Å². The number of piperazine rings is 1. The third-order valence-electron chi connectivity index (χ3n) is 5.35. The first-order valence-electron chi connectivity index (χ1n) is 10.4. The Kier molecular flexibility index (Phi) is 7.73. The number of nitrogens with zero attached hydrogens (tertiary/aromatic N) is 4. The van der Waals surface area contributed by atoms with Gasteiger partial charge in [-0.15, -0.1) is 0 Å². The number of hydrogen-bond acceptors (Lipinski definition) is 4. The first kappa shape index (κ1) is 22.9. The van der Waals surface area contributed by atoms with Crippen LogP contribution in [0.25, 0.3) is 0 Å². The predicted molar refractivity (Wildman–Crippen MR) is 117 cm³/mol. The van der Waals surface area contributed by atoms with Gasteiger partial charge in [0.05, 0.1) is 5.56 Å². The monoisotopic (exact) mass is 434 g/mol. The highest BCUT2D eigenvalue weighted by molar-refractivity contribution is 5.79. The highest BCUT2D eigenvalue weighted by atomic mass is 19.4. The number of nitrogens with one attached hydrogen (secondary N) is 2. The molecule has 0 bridgehead atoms. The van der Waals surface area contributed by atoms with Crippen molar-refractivity contribution in [1.82, 2.24) is 20.5 Å². The van der Waals surface area contributed by atoms with E-state index in [1.807, 2.05) is 18.3 Å².